The third kappa shape index (κ3) is 6.41. The molecule has 12 nitrogen and oxygen atoms in total. The number of hydrogen-bond acceptors (Lipinski definition) is 8. The van der Waals surface area contributed by atoms with Crippen molar-refractivity contribution in [3.05, 3.63) is 69.5 Å². The van der Waals surface area contributed by atoms with Crippen molar-refractivity contribution in [1.82, 2.24) is 25.0 Å². The number of imide groups is 1. The maximum Gasteiger partial charge on any atom is 0.276 e. The number of halogens is 2. The summed E-state index contributed by atoms with van der Waals surface area (Å²) in [6.45, 7) is 2.69. The first-order valence-electron chi connectivity index (χ1n) is 17.0. The second-order valence-electron chi connectivity index (χ2n) is 13.4. The van der Waals surface area contributed by atoms with Gasteiger partial charge in [0.1, 0.15) is 28.7 Å². The van der Waals surface area contributed by atoms with Gasteiger partial charge in [-0.05, 0) is 79.8 Å². The van der Waals surface area contributed by atoms with Crippen molar-refractivity contribution in [2.24, 2.45) is 18.9 Å². The van der Waals surface area contributed by atoms with Crippen LogP contribution in [0, 0.1) is 17.7 Å². The molecule has 262 valence electrons. The van der Waals surface area contributed by atoms with Crippen LogP contribution in [0.4, 0.5) is 15.8 Å². The normalized spacial score (nSPS) is 19.2. The molecule has 3 N–H and O–H groups in total. The van der Waals surface area contributed by atoms with E-state index in [1.807, 2.05) is 4.90 Å². The summed E-state index contributed by atoms with van der Waals surface area (Å²) in [5.41, 5.74) is 3.00. The molecule has 0 radical (unpaired) electrons. The fourth-order valence-corrected chi connectivity index (χ4v) is 8.01. The van der Waals surface area contributed by atoms with Crippen molar-refractivity contribution in [2.75, 3.05) is 43.5 Å². The van der Waals surface area contributed by atoms with E-state index in [0.29, 0.717) is 70.5 Å². The number of nitrogens with one attached hydrogen (secondary N) is 3. The van der Waals surface area contributed by atoms with Crippen molar-refractivity contribution < 1.29 is 23.5 Å². The lowest BCUT2D eigenvalue weighted by Gasteiger charge is -2.41. The third-order valence-corrected chi connectivity index (χ3v) is 10.8. The number of H-pyrrole nitrogens is 1. The molecule has 1 unspecified atom stereocenters. The van der Waals surface area contributed by atoms with E-state index >= 15 is 4.39 Å². The first-order chi connectivity index (χ1) is 24.1. The van der Waals surface area contributed by atoms with Gasteiger partial charge in [-0.15, -0.1) is 0 Å². The molecule has 4 aromatic rings. The highest BCUT2D eigenvalue weighted by Crippen LogP contribution is 2.39. The summed E-state index contributed by atoms with van der Waals surface area (Å²) in [5, 5.41) is 13.1. The van der Waals surface area contributed by atoms with Gasteiger partial charge in [-0.2, -0.15) is 5.10 Å². The Hall–Kier alpha value is -4.91. The van der Waals surface area contributed by atoms with E-state index in [4.69, 9.17) is 16.3 Å². The number of nitrogens with zero attached hydrogens (tertiary/aromatic N) is 4. The molecular formula is C36H39ClFN7O5. The molecule has 50 heavy (non-hydrogen) atoms. The van der Waals surface area contributed by atoms with Gasteiger partial charge in [0.2, 0.25) is 11.8 Å². The first kappa shape index (κ1) is 33.6. The van der Waals surface area contributed by atoms with Crippen molar-refractivity contribution in [3.8, 4) is 16.9 Å². The minimum Gasteiger partial charge on any atom is -0.496 e. The zero-order valence-corrected chi connectivity index (χ0v) is 28.7. The Morgan fingerprint density at radius 3 is 2.42 bits per heavy atom. The Labute approximate surface area is 292 Å². The molecule has 5 heterocycles. The van der Waals surface area contributed by atoms with Crippen LogP contribution < -0.4 is 25.8 Å². The van der Waals surface area contributed by atoms with Gasteiger partial charge in [-0.3, -0.25) is 29.6 Å². The monoisotopic (exact) mass is 703 g/mol. The van der Waals surface area contributed by atoms with E-state index in [9.17, 15) is 19.2 Å². The van der Waals surface area contributed by atoms with Crippen LogP contribution in [0.5, 0.6) is 5.75 Å². The van der Waals surface area contributed by atoms with E-state index in [-0.39, 0.29) is 34.6 Å². The molecule has 0 bridgehead atoms. The average Bonchev–Trinajstić information content (AvgIpc) is 3.61. The van der Waals surface area contributed by atoms with Gasteiger partial charge in [-0.25, -0.2) is 4.39 Å². The molecule has 2 aromatic heterocycles. The van der Waals surface area contributed by atoms with E-state index in [1.165, 1.54) is 17.7 Å². The standard InChI is InChI=1S/C36H39ClFN7O5/c1-43-19-25(24-18-39-42-33(24)36(43)49)22-15-26(37)32(30(16-22)50-2)35(48)45-13-9-21(10-14-45)20-7-11-44(12-8-20)29-5-3-23(17-27(29)38)40-28-4-6-31(46)41-34(28)47/h3,5,15-21,28,40H,4,6-14H2,1-2H3,(H,39,42)(H,41,46,47). The minimum atomic E-state index is -0.567. The summed E-state index contributed by atoms with van der Waals surface area (Å²) >= 11 is 6.78. The highest BCUT2D eigenvalue weighted by atomic mass is 35.5. The number of fused-ring (bicyclic) bond motifs is 1. The molecule has 7 rings (SSSR count). The lowest BCUT2D eigenvalue weighted by atomic mass is 9.78. The highest BCUT2D eigenvalue weighted by Gasteiger charge is 2.33. The van der Waals surface area contributed by atoms with E-state index < -0.39 is 11.9 Å². The van der Waals surface area contributed by atoms with E-state index in [2.05, 4.69) is 25.7 Å². The van der Waals surface area contributed by atoms with Crippen LogP contribution >= 0.6 is 11.6 Å². The van der Waals surface area contributed by atoms with Crippen molar-refractivity contribution in [2.45, 2.75) is 44.6 Å². The lowest BCUT2D eigenvalue weighted by molar-refractivity contribution is -0.133. The van der Waals surface area contributed by atoms with Gasteiger partial charge < -0.3 is 24.4 Å². The molecular weight excluding hydrogens is 665 g/mol. The molecule has 3 aliphatic heterocycles. The Morgan fingerprint density at radius 2 is 1.74 bits per heavy atom. The van der Waals surface area contributed by atoms with Gasteiger partial charge in [0.05, 0.1) is 24.0 Å². The SMILES string of the molecule is COc1cc(-c2cn(C)c(=O)c3[nH]ncc23)cc(Cl)c1C(=O)N1CCC(C2CCN(c3ccc(NC4CCC(=O)NC4=O)cc3F)CC2)CC1. The summed E-state index contributed by atoms with van der Waals surface area (Å²) in [4.78, 5) is 53.8. The number of ether oxygens (including phenoxy) is 1. The van der Waals surface area contributed by atoms with Gasteiger partial charge in [0.25, 0.3) is 11.5 Å². The predicted octanol–water partition coefficient (Wildman–Crippen LogP) is 4.72. The number of aromatic nitrogens is 3. The largest absolute Gasteiger partial charge is 0.496 e. The van der Waals surface area contributed by atoms with Gasteiger partial charge >= 0.3 is 0 Å². The Morgan fingerprint density at radius 1 is 1.02 bits per heavy atom. The molecule has 3 fully saturated rings. The second kappa shape index (κ2) is 13.8. The number of anilines is 2. The zero-order chi connectivity index (χ0) is 35.1. The number of carbonyl (C=O) groups is 3. The van der Waals surface area contributed by atoms with Gasteiger partial charge in [0, 0.05) is 62.5 Å². The molecule has 3 saturated heterocycles. The molecule has 14 heteroatoms. The number of aryl methyl sites for hydroxylation is 1. The summed E-state index contributed by atoms with van der Waals surface area (Å²) in [6.07, 6.45) is 7.56. The maximum absolute atomic E-state index is 15.2. The van der Waals surface area contributed by atoms with Crippen molar-refractivity contribution in [1.29, 1.82) is 0 Å². The van der Waals surface area contributed by atoms with Crippen LogP contribution in [0.2, 0.25) is 5.02 Å². The van der Waals surface area contributed by atoms with Crippen LogP contribution in [0.25, 0.3) is 22.0 Å². The number of hydrogen-bond donors (Lipinski definition) is 3. The first-order valence-corrected chi connectivity index (χ1v) is 17.3. The van der Waals surface area contributed by atoms with Crippen LogP contribution in [0.15, 0.2) is 47.5 Å². The fourth-order valence-electron chi connectivity index (χ4n) is 7.72. The maximum atomic E-state index is 15.2. The van der Waals surface area contributed by atoms with Crippen LogP contribution in [0.3, 0.4) is 0 Å². The summed E-state index contributed by atoms with van der Waals surface area (Å²) < 4.78 is 22.4. The number of rotatable bonds is 7. The molecule has 1 atom stereocenters. The summed E-state index contributed by atoms with van der Waals surface area (Å²) in [6, 6.07) is 7.88. The van der Waals surface area contributed by atoms with Crippen LogP contribution in [0.1, 0.15) is 48.9 Å². The smallest absolute Gasteiger partial charge is 0.276 e. The number of likely N-dealkylation sites (tertiary alicyclic amines) is 1. The number of methoxy groups -OCH3 is 1. The second-order valence-corrected chi connectivity index (χ2v) is 13.8. The van der Waals surface area contributed by atoms with Gasteiger partial charge in [0.15, 0.2) is 0 Å². The van der Waals surface area contributed by atoms with E-state index in [1.54, 1.807) is 43.7 Å². The third-order valence-electron chi connectivity index (χ3n) is 10.5. The number of benzene rings is 2. The average molecular weight is 704 g/mol. The number of amides is 3. The Bertz CT molecular complexity index is 2030. The highest BCUT2D eigenvalue weighted by molar-refractivity contribution is 6.34. The molecule has 2 aromatic carbocycles. The number of carbonyl (C=O) groups excluding carboxylic acids is 3. The molecule has 0 aliphatic carbocycles. The summed E-state index contributed by atoms with van der Waals surface area (Å²) in [7, 11) is 3.18. The Balaban J connectivity index is 0.957. The molecule has 3 amide bonds. The minimum absolute atomic E-state index is 0.174. The van der Waals surface area contributed by atoms with Gasteiger partial charge in [-0.1, -0.05) is 11.6 Å². The van der Waals surface area contributed by atoms with Crippen molar-refractivity contribution in [3.63, 3.8) is 0 Å². The Kier molecular flexibility index (Phi) is 9.25. The fraction of sp³-hybridized carbons (Fsp3) is 0.417. The predicted molar refractivity (Wildman–Crippen MR) is 188 cm³/mol. The topological polar surface area (TPSA) is 142 Å². The number of aromatic amines is 1. The molecule has 0 saturated carbocycles. The molecule has 3 aliphatic rings. The van der Waals surface area contributed by atoms with Crippen molar-refractivity contribution >= 4 is 51.6 Å². The number of pyridine rings is 1. The molecule has 0 spiro atoms. The van der Waals surface area contributed by atoms with E-state index in [0.717, 1.165) is 44.3 Å². The zero-order valence-electron chi connectivity index (χ0n) is 27.9. The lowest BCUT2D eigenvalue weighted by Crippen LogP contribution is -2.47. The summed E-state index contributed by atoms with van der Waals surface area (Å²) in [5.74, 6) is 0.111. The number of piperidine rings is 3. The quantitative estimate of drug-likeness (QED) is 0.235. The van der Waals surface area contributed by atoms with Crippen LogP contribution in [-0.4, -0.2) is 76.7 Å². The van der Waals surface area contributed by atoms with Crippen LogP contribution in [-0.2, 0) is 16.6 Å².